The Labute approximate surface area is 90.7 Å². The van der Waals surface area contributed by atoms with E-state index >= 15 is 0 Å². The predicted molar refractivity (Wildman–Crippen MR) is 59.9 cm³/mol. The van der Waals surface area contributed by atoms with Gasteiger partial charge in [0.1, 0.15) is 0 Å². The Bertz CT molecular complexity index is 252. The number of rotatable bonds is 4. The van der Waals surface area contributed by atoms with Crippen LogP contribution in [-0.4, -0.2) is 23.5 Å². The van der Waals surface area contributed by atoms with Crippen molar-refractivity contribution in [3.8, 4) is 0 Å². The van der Waals surface area contributed by atoms with Crippen molar-refractivity contribution in [2.24, 2.45) is 5.73 Å². The summed E-state index contributed by atoms with van der Waals surface area (Å²) in [7, 11) is 0. The quantitative estimate of drug-likeness (QED) is 0.814. The SMILES string of the molecule is NC(CO)CSc1ccc(Br)cc1. The average molecular weight is 262 g/mol. The van der Waals surface area contributed by atoms with E-state index < -0.39 is 0 Å². The molecule has 72 valence electrons. The topological polar surface area (TPSA) is 46.2 Å². The molecule has 3 N–H and O–H groups in total. The van der Waals surface area contributed by atoms with Gasteiger partial charge >= 0.3 is 0 Å². The van der Waals surface area contributed by atoms with E-state index in [4.69, 9.17) is 10.8 Å². The molecule has 4 heteroatoms. The first-order valence-corrected chi connectivity index (χ1v) is 5.75. The maximum absolute atomic E-state index is 8.71. The van der Waals surface area contributed by atoms with Gasteiger partial charge in [0, 0.05) is 21.2 Å². The van der Waals surface area contributed by atoms with Crippen LogP contribution in [0.3, 0.4) is 0 Å². The lowest BCUT2D eigenvalue weighted by molar-refractivity contribution is 0.275. The number of hydrogen-bond donors (Lipinski definition) is 2. The first-order chi connectivity index (χ1) is 6.22. The molecule has 0 fully saturated rings. The number of thioether (sulfide) groups is 1. The fraction of sp³-hybridized carbons (Fsp3) is 0.333. The maximum atomic E-state index is 8.71. The minimum absolute atomic E-state index is 0.0452. The molecule has 0 bridgehead atoms. The van der Waals surface area contributed by atoms with Gasteiger partial charge in [0.25, 0.3) is 0 Å². The molecule has 0 aliphatic rings. The van der Waals surface area contributed by atoms with Gasteiger partial charge in [0.15, 0.2) is 0 Å². The Morgan fingerprint density at radius 1 is 1.38 bits per heavy atom. The third kappa shape index (κ3) is 4.13. The van der Waals surface area contributed by atoms with E-state index in [1.165, 1.54) is 4.90 Å². The van der Waals surface area contributed by atoms with Crippen LogP contribution in [0, 0.1) is 0 Å². The second kappa shape index (κ2) is 5.65. The Kier molecular flexibility index (Phi) is 4.80. The lowest BCUT2D eigenvalue weighted by atomic mass is 10.4. The summed E-state index contributed by atoms with van der Waals surface area (Å²) in [6.45, 7) is 0.0452. The highest BCUT2D eigenvalue weighted by atomic mass is 79.9. The van der Waals surface area contributed by atoms with Gasteiger partial charge < -0.3 is 10.8 Å². The van der Waals surface area contributed by atoms with E-state index in [9.17, 15) is 0 Å². The first kappa shape index (κ1) is 11.0. The number of nitrogens with two attached hydrogens (primary N) is 1. The van der Waals surface area contributed by atoms with E-state index in [2.05, 4.69) is 15.9 Å². The number of hydrogen-bond acceptors (Lipinski definition) is 3. The Morgan fingerprint density at radius 2 is 2.00 bits per heavy atom. The zero-order valence-electron chi connectivity index (χ0n) is 7.11. The largest absolute Gasteiger partial charge is 0.395 e. The Balaban J connectivity index is 2.41. The predicted octanol–water partition coefficient (Wildman–Crippen LogP) is 1.86. The molecule has 1 aromatic rings. The molecule has 0 radical (unpaired) electrons. The van der Waals surface area contributed by atoms with Gasteiger partial charge in [-0.3, -0.25) is 0 Å². The average Bonchev–Trinajstić information content (AvgIpc) is 2.16. The highest BCUT2D eigenvalue weighted by Crippen LogP contribution is 2.20. The summed E-state index contributed by atoms with van der Waals surface area (Å²) >= 11 is 5.02. The van der Waals surface area contributed by atoms with Crippen molar-refractivity contribution in [1.82, 2.24) is 0 Å². The van der Waals surface area contributed by atoms with Crippen molar-refractivity contribution in [3.63, 3.8) is 0 Å². The van der Waals surface area contributed by atoms with E-state index in [1.807, 2.05) is 24.3 Å². The summed E-state index contributed by atoms with van der Waals surface area (Å²) in [5, 5.41) is 8.71. The molecule has 1 atom stereocenters. The first-order valence-electron chi connectivity index (χ1n) is 3.97. The van der Waals surface area contributed by atoms with Gasteiger partial charge in [-0.2, -0.15) is 0 Å². The van der Waals surface area contributed by atoms with Crippen molar-refractivity contribution in [2.75, 3.05) is 12.4 Å². The van der Waals surface area contributed by atoms with Crippen LogP contribution in [0.5, 0.6) is 0 Å². The van der Waals surface area contributed by atoms with Crippen molar-refractivity contribution >= 4 is 27.7 Å². The lowest BCUT2D eigenvalue weighted by Crippen LogP contribution is -2.26. The lowest BCUT2D eigenvalue weighted by Gasteiger charge is -2.06. The molecule has 0 amide bonds. The van der Waals surface area contributed by atoms with Crippen LogP contribution in [0.15, 0.2) is 33.6 Å². The molecule has 0 saturated heterocycles. The van der Waals surface area contributed by atoms with Crippen molar-refractivity contribution in [2.45, 2.75) is 10.9 Å². The standard InChI is InChI=1S/C9H12BrNOS/c10-7-1-3-9(4-2-7)13-6-8(11)5-12/h1-4,8,12H,5-6,11H2. The number of benzene rings is 1. The maximum Gasteiger partial charge on any atom is 0.0590 e. The molecule has 1 aromatic carbocycles. The zero-order valence-corrected chi connectivity index (χ0v) is 9.51. The molecule has 13 heavy (non-hydrogen) atoms. The van der Waals surface area contributed by atoms with Crippen LogP contribution >= 0.6 is 27.7 Å². The van der Waals surface area contributed by atoms with Crippen LogP contribution in [0.4, 0.5) is 0 Å². The summed E-state index contributed by atoms with van der Waals surface area (Å²) < 4.78 is 1.07. The van der Waals surface area contributed by atoms with Crippen LogP contribution in [-0.2, 0) is 0 Å². The monoisotopic (exact) mass is 261 g/mol. The molecule has 0 saturated carbocycles. The van der Waals surface area contributed by atoms with Crippen LogP contribution in [0.25, 0.3) is 0 Å². The Morgan fingerprint density at radius 3 is 2.54 bits per heavy atom. The number of aliphatic hydroxyl groups excluding tert-OH is 1. The summed E-state index contributed by atoms with van der Waals surface area (Å²) in [6, 6.07) is 7.91. The molecule has 0 aromatic heterocycles. The molecule has 0 spiro atoms. The molecule has 0 heterocycles. The van der Waals surface area contributed by atoms with E-state index in [1.54, 1.807) is 11.8 Å². The summed E-state index contributed by atoms with van der Waals surface area (Å²) in [6.07, 6.45) is 0. The summed E-state index contributed by atoms with van der Waals surface area (Å²) in [5.41, 5.74) is 5.57. The summed E-state index contributed by atoms with van der Waals surface area (Å²) in [4.78, 5) is 1.17. The molecule has 0 aliphatic carbocycles. The van der Waals surface area contributed by atoms with Gasteiger partial charge in [-0.25, -0.2) is 0 Å². The smallest absolute Gasteiger partial charge is 0.0590 e. The Hall–Kier alpha value is -0.0300. The van der Waals surface area contributed by atoms with E-state index in [-0.39, 0.29) is 12.6 Å². The molecule has 0 aliphatic heterocycles. The number of aliphatic hydroxyl groups is 1. The van der Waals surface area contributed by atoms with Gasteiger partial charge in [-0.15, -0.1) is 11.8 Å². The van der Waals surface area contributed by atoms with Gasteiger partial charge in [-0.1, -0.05) is 15.9 Å². The van der Waals surface area contributed by atoms with Crippen LogP contribution in [0.1, 0.15) is 0 Å². The highest BCUT2D eigenvalue weighted by Gasteiger charge is 2.00. The molecular weight excluding hydrogens is 250 g/mol. The highest BCUT2D eigenvalue weighted by molar-refractivity contribution is 9.10. The van der Waals surface area contributed by atoms with E-state index in [0.717, 1.165) is 10.2 Å². The molecular formula is C9H12BrNOS. The molecule has 1 unspecified atom stereocenters. The van der Waals surface area contributed by atoms with Crippen molar-refractivity contribution in [1.29, 1.82) is 0 Å². The zero-order chi connectivity index (χ0) is 9.68. The molecule has 1 rings (SSSR count). The molecule has 2 nitrogen and oxygen atoms in total. The number of halogens is 1. The van der Waals surface area contributed by atoms with Crippen molar-refractivity contribution < 1.29 is 5.11 Å². The van der Waals surface area contributed by atoms with Gasteiger partial charge in [0.2, 0.25) is 0 Å². The van der Waals surface area contributed by atoms with Gasteiger partial charge in [-0.05, 0) is 24.3 Å². The summed E-state index contributed by atoms with van der Waals surface area (Å²) in [5.74, 6) is 0.748. The minimum atomic E-state index is -0.131. The van der Waals surface area contributed by atoms with E-state index in [0.29, 0.717) is 0 Å². The second-order valence-electron chi connectivity index (χ2n) is 2.71. The fourth-order valence-electron chi connectivity index (χ4n) is 0.787. The van der Waals surface area contributed by atoms with Crippen molar-refractivity contribution in [3.05, 3.63) is 28.7 Å². The van der Waals surface area contributed by atoms with Crippen LogP contribution < -0.4 is 5.73 Å². The normalized spacial score (nSPS) is 12.8. The van der Waals surface area contributed by atoms with Crippen LogP contribution in [0.2, 0.25) is 0 Å². The third-order valence-corrected chi connectivity index (χ3v) is 3.24. The third-order valence-electron chi connectivity index (χ3n) is 1.51. The second-order valence-corrected chi connectivity index (χ2v) is 4.72. The fourth-order valence-corrected chi connectivity index (χ4v) is 1.89. The minimum Gasteiger partial charge on any atom is -0.395 e. The van der Waals surface area contributed by atoms with Gasteiger partial charge in [0.05, 0.1) is 6.61 Å².